The Balaban J connectivity index is 1.75. The molecule has 0 unspecified atom stereocenters. The SMILES string of the molecule is CN1CCN(C(=O)[C@@H]2[C@@H](C(=O)O)[C@H]3C=C[C@@H]2O3)CC1. The molecule has 104 valence electrons. The molecule has 3 heterocycles. The van der Waals surface area contributed by atoms with Crippen LogP contribution in [0.1, 0.15) is 0 Å². The van der Waals surface area contributed by atoms with Gasteiger partial charge in [0.25, 0.3) is 0 Å². The van der Waals surface area contributed by atoms with Crippen LogP contribution < -0.4 is 0 Å². The molecule has 6 heteroatoms. The van der Waals surface area contributed by atoms with Gasteiger partial charge in [-0.05, 0) is 7.05 Å². The van der Waals surface area contributed by atoms with Gasteiger partial charge in [0, 0.05) is 26.2 Å². The molecule has 0 saturated carbocycles. The van der Waals surface area contributed by atoms with E-state index in [0.717, 1.165) is 13.1 Å². The minimum absolute atomic E-state index is 0.0719. The average molecular weight is 266 g/mol. The molecule has 3 aliphatic heterocycles. The van der Waals surface area contributed by atoms with E-state index in [-0.39, 0.29) is 12.0 Å². The summed E-state index contributed by atoms with van der Waals surface area (Å²) in [6.07, 6.45) is 2.78. The Morgan fingerprint density at radius 3 is 2.26 bits per heavy atom. The molecule has 3 aliphatic rings. The third-order valence-corrected chi connectivity index (χ3v) is 4.28. The van der Waals surface area contributed by atoms with Crippen LogP contribution in [0, 0.1) is 11.8 Å². The second kappa shape index (κ2) is 4.61. The van der Waals surface area contributed by atoms with E-state index < -0.39 is 23.9 Å². The number of likely N-dealkylation sites (N-methyl/N-ethyl adjacent to an activating group) is 1. The Bertz CT molecular complexity index is 428. The van der Waals surface area contributed by atoms with E-state index in [2.05, 4.69) is 4.90 Å². The number of fused-ring (bicyclic) bond motifs is 2. The third-order valence-electron chi connectivity index (χ3n) is 4.28. The topological polar surface area (TPSA) is 70.1 Å². The second-order valence-corrected chi connectivity index (χ2v) is 5.47. The molecule has 2 saturated heterocycles. The average Bonchev–Trinajstić information content (AvgIpc) is 2.98. The summed E-state index contributed by atoms with van der Waals surface area (Å²) in [5.41, 5.74) is 0. The van der Waals surface area contributed by atoms with Crippen molar-refractivity contribution in [1.29, 1.82) is 0 Å². The number of piperazine rings is 1. The number of carbonyl (C=O) groups excluding carboxylic acids is 1. The molecule has 1 N–H and O–H groups in total. The van der Waals surface area contributed by atoms with Crippen LogP contribution in [0.5, 0.6) is 0 Å². The van der Waals surface area contributed by atoms with E-state index in [1.807, 2.05) is 13.1 Å². The van der Waals surface area contributed by atoms with Crippen molar-refractivity contribution in [2.75, 3.05) is 33.2 Å². The zero-order valence-corrected chi connectivity index (χ0v) is 10.9. The number of hydrogen-bond donors (Lipinski definition) is 1. The first-order valence-corrected chi connectivity index (χ1v) is 6.62. The van der Waals surface area contributed by atoms with E-state index in [1.54, 1.807) is 11.0 Å². The fraction of sp³-hybridized carbons (Fsp3) is 0.692. The number of aliphatic carboxylic acids is 1. The van der Waals surface area contributed by atoms with Crippen LogP contribution >= 0.6 is 0 Å². The van der Waals surface area contributed by atoms with Crippen LogP contribution in [-0.2, 0) is 14.3 Å². The monoisotopic (exact) mass is 266 g/mol. The Labute approximate surface area is 111 Å². The van der Waals surface area contributed by atoms with Crippen LogP contribution in [0.3, 0.4) is 0 Å². The number of carbonyl (C=O) groups is 2. The van der Waals surface area contributed by atoms with Gasteiger partial charge in [-0.2, -0.15) is 0 Å². The first kappa shape index (κ1) is 12.6. The van der Waals surface area contributed by atoms with Crippen molar-refractivity contribution in [3.63, 3.8) is 0 Å². The van der Waals surface area contributed by atoms with E-state index in [1.165, 1.54) is 0 Å². The number of hydrogen-bond acceptors (Lipinski definition) is 4. The lowest BCUT2D eigenvalue weighted by Crippen LogP contribution is -2.52. The second-order valence-electron chi connectivity index (χ2n) is 5.47. The van der Waals surface area contributed by atoms with Gasteiger partial charge in [0.05, 0.1) is 18.1 Å². The molecule has 0 radical (unpaired) electrons. The Morgan fingerprint density at radius 1 is 1.11 bits per heavy atom. The standard InChI is InChI=1S/C13H18N2O4/c1-14-4-6-15(7-5-14)12(16)10-8-2-3-9(19-8)11(10)13(17)18/h2-3,8-11H,4-7H2,1H3,(H,17,18)/t8-,9+,10-,11-/m0/s1. The van der Waals surface area contributed by atoms with E-state index in [4.69, 9.17) is 4.74 Å². The van der Waals surface area contributed by atoms with Gasteiger partial charge in [0.2, 0.25) is 5.91 Å². The smallest absolute Gasteiger partial charge is 0.310 e. The van der Waals surface area contributed by atoms with Crippen molar-refractivity contribution >= 4 is 11.9 Å². The summed E-state index contributed by atoms with van der Waals surface area (Å²) in [7, 11) is 2.02. The van der Waals surface area contributed by atoms with Gasteiger partial charge in [-0.25, -0.2) is 0 Å². The number of carboxylic acids is 1. The summed E-state index contributed by atoms with van der Waals surface area (Å²) in [6, 6.07) is 0. The molecule has 0 aromatic heterocycles. The Morgan fingerprint density at radius 2 is 1.68 bits per heavy atom. The molecule has 2 bridgehead atoms. The summed E-state index contributed by atoms with van der Waals surface area (Å²) in [4.78, 5) is 27.8. The third kappa shape index (κ3) is 2.04. The van der Waals surface area contributed by atoms with Crippen molar-refractivity contribution in [3.05, 3.63) is 12.2 Å². The van der Waals surface area contributed by atoms with E-state index >= 15 is 0 Å². The number of rotatable bonds is 2. The number of nitrogens with zero attached hydrogens (tertiary/aromatic N) is 2. The maximum atomic E-state index is 12.5. The lowest BCUT2D eigenvalue weighted by Gasteiger charge is -2.35. The van der Waals surface area contributed by atoms with Crippen molar-refractivity contribution in [3.8, 4) is 0 Å². The molecule has 0 aliphatic carbocycles. The highest BCUT2D eigenvalue weighted by Crippen LogP contribution is 2.40. The molecule has 19 heavy (non-hydrogen) atoms. The number of amides is 1. The van der Waals surface area contributed by atoms with Crippen molar-refractivity contribution in [1.82, 2.24) is 9.80 Å². The number of ether oxygens (including phenoxy) is 1. The summed E-state index contributed by atoms with van der Waals surface area (Å²) in [6.45, 7) is 3.00. The minimum atomic E-state index is -0.940. The van der Waals surface area contributed by atoms with Gasteiger partial charge in [-0.1, -0.05) is 12.2 Å². The highest BCUT2D eigenvalue weighted by molar-refractivity contribution is 5.87. The lowest BCUT2D eigenvalue weighted by atomic mass is 9.82. The highest BCUT2D eigenvalue weighted by atomic mass is 16.5. The molecular formula is C13H18N2O4. The van der Waals surface area contributed by atoms with Gasteiger partial charge >= 0.3 is 5.97 Å². The first-order valence-electron chi connectivity index (χ1n) is 6.62. The molecule has 0 aromatic carbocycles. The fourth-order valence-corrected chi connectivity index (χ4v) is 3.13. The van der Waals surface area contributed by atoms with Gasteiger partial charge in [0.1, 0.15) is 5.92 Å². The minimum Gasteiger partial charge on any atom is -0.481 e. The summed E-state index contributed by atoms with van der Waals surface area (Å²) >= 11 is 0. The predicted octanol–water partition coefficient (Wildman–Crippen LogP) is -0.585. The Kier molecular flexibility index (Phi) is 3.06. The quantitative estimate of drug-likeness (QED) is 0.677. The van der Waals surface area contributed by atoms with E-state index in [0.29, 0.717) is 13.1 Å². The van der Waals surface area contributed by atoms with Crippen LogP contribution in [0.4, 0.5) is 0 Å². The molecule has 0 aromatic rings. The molecule has 1 amide bonds. The zero-order chi connectivity index (χ0) is 13.6. The molecule has 0 spiro atoms. The van der Waals surface area contributed by atoms with Gasteiger partial charge < -0.3 is 19.6 Å². The Hall–Kier alpha value is -1.40. The lowest BCUT2D eigenvalue weighted by molar-refractivity contribution is -0.150. The van der Waals surface area contributed by atoms with Crippen molar-refractivity contribution in [2.45, 2.75) is 12.2 Å². The highest BCUT2D eigenvalue weighted by Gasteiger charge is 2.54. The summed E-state index contributed by atoms with van der Waals surface area (Å²) < 4.78 is 5.54. The number of carboxylic acid groups (broad SMARTS) is 1. The maximum Gasteiger partial charge on any atom is 0.310 e. The van der Waals surface area contributed by atoms with Gasteiger partial charge in [0.15, 0.2) is 0 Å². The predicted molar refractivity (Wildman–Crippen MR) is 66.5 cm³/mol. The van der Waals surface area contributed by atoms with Crippen LogP contribution in [0.15, 0.2) is 12.2 Å². The van der Waals surface area contributed by atoms with Crippen LogP contribution in [-0.4, -0.2) is 72.2 Å². The molecule has 4 atom stereocenters. The first-order chi connectivity index (χ1) is 9.08. The normalized spacial score (nSPS) is 37.8. The fourth-order valence-electron chi connectivity index (χ4n) is 3.13. The van der Waals surface area contributed by atoms with Crippen LogP contribution in [0.2, 0.25) is 0 Å². The zero-order valence-electron chi connectivity index (χ0n) is 10.9. The van der Waals surface area contributed by atoms with Crippen molar-refractivity contribution < 1.29 is 19.4 Å². The summed E-state index contributed by atoms with van der Waals surface area (Å²) in [5.74, 6) is -2.31. The molecular weight excluding hydrogens is 248 g/mol. The van der Waals surface area contributed by atoms with E-state index in [9.17, 15) is 14.7 Å². The van der Waals surface area contributed by atoms with Gasteiger partial charge in [-0.15, -0.1) is 0 Å². The molecule has 6 nitrogen and oxygen atoms in total. The largest absolute Gasteiger partial charge is 0.481 e. The molecule has 2 fully saturated rings. The van der Waals surface area contributed by atoms with Crippen LogP contribution in [0.25, 0.3) is 0 Å². The molecule has 3 rings (SSSR count). The maximum absolute atomic E-state index is 12.5. The summed E-state index contributed by atoms with van der Waals surface area (Å²) in [5, 5.41) is 9.30. The van der Waals surface area contributed by atoms with Crippen molar-refractivity contribution in [2.24, 2.45) is 11.8 Å². The van der Waals surface area contributed by atoms with Gasteiger partial charge in [-0.3, -0.25) is 9.59 Å².